The summed E-state index contributed by atoms with van der Waals surface area (Å²) in [5, 5.41) is 18.1. The first kappa shape index (κ1) is 13.4. The average Bonchev–Trinajstić information content (AvgIpc) is 2.38. The van der Waals surface area contributed by atoms with E-state index in [4.69, 9.17) is 15.9 Å². The zero-order valence-electron chi connectivity index (χ0n) is 10.0. The minimum absolute atomic E-state index is 0.154. The van der Waals surface area contributed by atoms with Gasteiger partial charge in [-0.15, -0.1) is 0 Å². The molecule has 0 aliphatic carbocycles. The molecule has 1 aromatic carbocycles. The molecule has 2 aromatic rings. The number of nitro benzene ring substituents is 1. The van der Waals surface area contributed by atoms with E-state index >= 15 is 0 Å². The summed E-state index contributed by atoms with van der Waals surface area (Å²) in [7, 11) is 0. The van der Waals surface area contributed by atoms with Gasteiger partial charge in [0.1, 0.15) is 23.1 Å². The van der Waals surface area contributed by atoms with Crippen LogP contribution >= 0.6 is 0 Å². The second-order valence-corrected chi connectivity index (χ2v) is 3.76. The summed E-state index contributed by atoms with van der Waals surface area (Å²) in [6, 6.07) is 5.64. The average molecular weight is 276 g/mol. The first-order valence-electron chi connectivity index (χ1n) is 5.39. The molecule has 1 heterocycles. The van der Waals surface area contributed by atoms with E-state index in [0.29, 0.717) is 0 Å². The quantitative estimate of drug-likeness (QED) is 0.384. The van der Waals surface area contributed by atoms with Crippen molar-refractivity contribution in [3.8, 4) is 11.5 Å². The number of nitrogens with one attached hydrogen (secondary N) is 1. The van der Waals surface area contributed by atoms with Gasteiger partial charge in [-0.1, -0.05) is 0 Å². The van der Waals surface area contributed by atoms with Crippen molar-refractivity contribution in [1.29, 1.82) is 5.41 Å². The highest BCUT2D eigenvalue weighted by Gasteiger charge is 2.17. The number of ether oxygens (including phenoxy) is 1. The fraction of sp³-hybridized carbons (Fsp3) is 0. The number of nitrogens with two attached hydrogens (primary N) is 1. The molecule has 0 spiro atoms. The Bertz CT molecular complexity index is 690. The van der Waals surface area contributed by atoms with Crippen LogP contribution in [0.2, 0.25) is 0 Å². The minimum Gasteiger partial charge on any atom is -0.450 e. The molecule has 2 rings (SSSR count). The predicted molar refractivity (Wildman–Crippen MR) is 68.4 cm³/mol. The lowest BCUT2D eigenvalue weighted by atomic mass is 10.3. The molecular formula is C12H9FN4O3. The summed E-state index contributed by atoms with van der Waals surface area (Å²) >= 11 is 0. The maximum Gasteiger partial charge on any atom is 0.311 e. The van der Waals surface area contributed by atoms with Crippen LogP contribution < -0.4 is 10.5 Å². The number of hydrogen-bond acceptors (Lipinski definition) is 5. The molecule has 0 fully saturated rings. The molecular weight excluding hydrogens is 267 g/mol. The van der Waals surface area contributed by atoms with E-state index in [2.05, 4.69) is 4.98 Å². The molecule has 102 valence electrons. The van der Waals surface area contributed by atoms with Crippen molar-refractivity contribution in [3.05, 3.63) is 58.2 Å². The molecule has 0 bridgehead atoms. The highest BCUT2D eigenvalue weighted by molar-refractivity contribution is 5.93. The number of amidine groups is 1. The maximum atomic E-state index is 13.2. The van der Waals surface area contributed by atoms with E-state index in [1.165, 1.54) is 18.3 Å². The number of halogens is 1. The molecule has 3 N–H and O–H groups in total. The molecule has 0 atom stereocenters. The normalized spacial score (nSPS) is 10.1. The first-order chi connectivity index (χ1) is 9.47. The zero-order chi connectivity index (χ0) is 14.7. The van der Waals surface area contributed by atoms with Crippen LogP contribution in [0.25, 0.3) is 0 Å². The number of nitro groups is 1. The standard InChI is InChI=1S/C12H9FN4O3/c13-7-1-2-10(17(18)19)11(5-7)20-8-3-4-16-9(6-8)12(14)15/h1-6H,(H3,14,15). The van der Waals surface area contributed by atoms with Gasteiger partial charge in [-0.2, -0.15) is 0 Å². The van der Waals surface area contributed by atoms with E-state index in [9.17, 15) is 14.5 Å². The number of hydrogen-bond donors (Lipinski definition) is 2. The minimum atomic E-state index is -0.679. The molecule has 1 aromatic heterocycles. The van der Waals surface area contributed by atoms with Crippen molar-refractivity contribution < 1.29 is 14.1 Å². The van der Waals surface area contributed by atoms with E-state index in [1.54, 1.807) is 0 Å². The van der Waals surface area contributed by atoms with Crippen molar-refractivity contribution in [2.45, 2.75) is 0 Å². The summed E-state index contributed by atoms with van der Waals surface area (Å²) < 4.78 is 18.4. The molecule has 20 heavy (non-hydrogen) atoms. The maximum absolute atomic E-state index is 13.2. The van der Waals surface area contributed by atoms with Crippen molar-refractivity contribution in [2.75, 3.05) is 0 Å². The lowest BCUT2D eigenvalue weighted by molar-refractivity contribution is -0.385. The second-order valence-electron chi connectivity index (χ2n) is 3.76. The van der Waals surface area contributed by atoms with Crippen LogP contribution in [-0.2, 0) is 0 Å². The molecule has 0 aliphatic rings. The van der Waals surface area contributed by atoms with Gasteiger partial charge in [-0.25, -0.2) is 4.39 Å². The Kier molecular flexibility index (Phi) is 3.56. The monoisotopic (exact) mass is 276 g/mol. The Morgan fingerprint density at radius 1 is 1.40 bits per heavy atom. The van der Waals surface area contributed by atoms with Crippen molar-refractivity contribution in [1.82, 2.24) is 4.98 Å². The van der Waals surface area contributed by atoms with E-state index in [1.807, 2.05) is 0 Å². The largest absolute Gasteiger partial charge is 0.450 e. The van der Waals surface area contributed by atoms with Gasteiger partial charge in [0.2, 0.25) is 5.75 Å². The summed E-state index contributed by atoms with van der Waals surface area (Å²) in [5.74, 6) is -1.01. The third-order valence-corrected chi connectivity index (χ3v) is 2.35. The lowest BCUT2D eigenvalue weighted by Crippen LogP contribution is -2.12. The number of rotatable bonds is 4. The van der Waals surface area contributed by atoms with E-state index in [-0.39, 0.29) is 28.7 Å². The Morgan fingerprint density at radius 2 is 2.15 bits per heavy atom. The molecule has 0 saturated heterocycles. The van der Waals surface area contributed by atoms with Gasteiger partial charge in [0.25, 0.3) is 0 Å². The van der Waals surface area contributed by atoms with E-state index < -0.39 is 10.7 Å². The smallest absolute Gasteiger partial charge is 0.311 e. The zero-order valence-corrected chi connectivity index (χ0v) is 10.0. The van der Waals surface area contributed by atoms with Crippen LogP contribution in [0.5, 0.6) is 11.5 Å². The van der Waals surface area contributed by atoms with Crippen molar-refractivity contribution in [3.63, 3.8) is 0 Å². The van der Waals surface area contributed by atoms with Crippen LogP contribution in [0, 0.1) is 21.3 Å². The topological polar surface area (TPSA) is 115 Å². The van der Waals surface area contributed by atoms with Crippen molar-refractivity contribution in [2.24, 2.45) is 5.73 Å². The van der Waals surface area contributed by atoms with Gasteiger partial charge >= 0.3 is 5.69 Å². The van der Waals surface area contributed by atoms with Gasteiger partial charge in [0.15, 0.2) is 0 Å². The van der Waals surface area contributed by atoms with Crippen molar-refractivity contribution >= 4 is 11.5 Å². The molecule has 0 unspecified atom stereocenters. The Balaban J connectivity index is 2.39. The summed E-state index contributed by atoms with van der Waals surface area (Å²) in [6.45, 7) is 0. The molecule has 8 heteroatoms. The number of benzene rings is 1. The number of aromatic nitrogens is 1. The van der Waals surface area contributed by atoms with Gasteiger partial charge in [0, 0.05) is 24.4 Å². The van der Waals surface area contributed by atoms with Crippen LogP contribution in [-0.4, -0.2) is 15.7 Å². The molecule has 0 radical (unpaired) electrons. The van der Waals surface area contributed by atoms with Gasteiger partial charge in [0.05, 0.1) is 4.92 Å². The summed E-state index contributed by atoms with van der Waals surface area (Å²) in [5.41, 5.74) is 5.06. The van der Waals surface area contributed by atoms with Crippen LogP contribution in [0.1, 0.15) is 5.69 Å². The summed E-state index contributed by atoms with van der Waals surface area (Å²) in [6.07, 6.45) is 1.33. The molecule has 0 aliphatic heterocycles. The Hall–Kier alpha value is -3.03. The highest BCUT2D eigenvalue weighted by Crippen LogP contribution is 2.31. The SMILES string of the molecule is N=C(N)c1cc(Oc2cc(F)ccc2[N+](=O)[O-])ccn1. The molecule has 0 amide bonds. The fourth-order valence-corrected chi connectivity index (χ4v) is 1.47. The lowest BCUT2D eigenvalue weighted by Gasteiger charge is -2.07. The van der Waals surface area contributed by atoms with Gasteiger partial charge < -0.3 is 10.5 Å². The van der Waals surface area contributed by atoms with Gasteiger partial charge in [-0.05, 0) is 12.1 Å². The third-order valence-electron chi connectivity index (χ3n) is 2.35. The Morgan fingerprint density at radius 3 is 2.80 bits per heavy atom. The summed E-state index contributed by atoms with van der Waals surface area (Å²) in [4.78, 5) is 14.0. The fourth-order valence-electron chi connectivity index (χ4n) is 1.47. The first-order valence-corrected chi connectivity index (χ1v) is 5.39. The van der Waals surface area contributed by atoms with Gasteiger partial charge in [-0.3, -0.25) is 20.5 Å². The van der Waals surface area contributed by atoms with Crippen LogP contribution in [0.3, 0.4) is 0 Å². The second kappa shape index (κ2) is 5.31. The van der Waals surface area contributed by atoms with Crippen LogP contribution in [0.4, 0.5) is 10.1 Å². The Labute approximate surface area is 112 Å². The molecule has 0 saturated carbocycles. The molecule has 7 nitrogen and oxygen atoms in total. The number of pyridine rings is 1. The predicted octanol–water partition coefficient (Wildman–Crippen LogP) is 2.21. The van der Waals surface area contributed by atoms with Crippen LogP contribution in [0.15, 0.2) is 36.5 Å². The number of nitrogen functional groups attached to an aromatic ring is 1. The van der Waals surface area contributed by atoms with E-state index in [0.717, 1.165) is 18.2 Å². The number of nitrogens with zero attached hydrogens (tertiary/aromatic N) is 2. The highest BCUT2D eigenvalue weighted by atomic mass is 19.1. The third kappa shape index (κ3) is 2.86.